The molecule has 1 amide bonds. The van der Waals surface area contributed by atoms with Gasteiger partial charge in [-0.3, -0.25) is 4.79 Å². The van der Waals surface area contributed by atoms with E-state index in [1.165, 1.54) is 43.4 Å². The second-order valence-electron chi connectivity index (χ2n) is 7.19. The Labute approximate surface area is 149 Å². The highest BCUT2D eigenvalue weighted by Crippen LogP contribution is 2.34. The zero-order valence-electron chi connectivity index (χ0n) is 14.7. The Balaban J connectivity index is 1.40. The lowest BCUT2D eigenvalue weighted by Gasteiger charge is -2.36. The molecule has 0 radical (unpaired) electrons. The van der Waals surface area contributed by atoms with Gasteiger partial charge in [0.2, 0.25) is 0 Å². The molecule has 2 aliphatic rings. The molecule has 4 heteroatoms. The lowest BCUT2D eigenvalue weighted by atomic mass is 9.84. The van der Waals surface area contributed by atoms with Crippen molar-refractivity contribution in [3.8, 4) is 0 Å². The summed E-state index contributed by atoms with van der Waals surface area (Å²) in [4.78, 5) is 16.7. The number of amides is 1. The number of rotatable bonds is 3. The van der Waals surface area contributed by atoms with Crippen LogP contribution in [-0.4, -0.2) is 37.0 Å². The molecular formula is C21H26N2O2. The molecule has 1 saturated carbocycles. The molecule has 4 rings (SSSR count). The van der Waals surface area contributed by atoms with Gasteiger partial charge >= 0.3 is 0 Å². The van der Waals surface area contributed by atoms with Gasteiger partial charge < -0.3 is 14.2 Å². The van der Waals surface area contributed by atoms with Crippen LogP contribution >= 0.6 is 0 Å². The number of carbonyl (C=O) groups excluding carboxylic acids is 1. The van der Waals surface area contributed by atoms with Crippen molar-refractivity contribution in [1.82, 2.24) is 4.90 Å². The highest BCUT2D eigenvalue weighted by atomic mass is 16.3. The Bertz CT molecular complexity index is 696. The highest BCUT2D eigenvalue weighted by Gasteiger charge is 2.24. The summed E-state index contributed by atoms with van der Waals surface area (Å²) < 4.78 is 5.24. The van der Waals surface area contributed by atoms with Crippen LogP contribution < -0.4 is 4.90 Å². The first-order valence-corrected chi connectivity index (χ1v) is 9.49. The molecule has 1 aromatic heterocycles. The van der Waals surface area contributed by atoms with Crippen LogP contribution in [-0.2, 0) is 0 Å². The van der Waals surface area contributed by atoms with Crippen molar-refractivity contribution in [2.24, 2.45) is 0 Å². The van der Waals surface area contributed by atoms with Crippen LogP contribution in [0.1, 0.15) is 54.1 Å². The Morgan fingerprint density at radius 2 is 1.76 bits per heavy atom. The number of hydrogen-bond donors (Lipinski definition) is 0. The van der Waals surface area contributed by atoms with Crippen molar-refractivity contribution in [2.75, 3.05) is 31.1 Å². The minimum atomic E-state index is 0.000561. The summed E-state index contributed by atoms with van der Waals surface area (Å²) in [6, 6.07) is 12.6. The predicted molar refractivity (Wildman–Crippen MR) is 99.1 cm³/mol. The van der Waals surface area contributed by atoms with E-state index in [9.17, 15) is 4.79 Å². The summed E-state index contributed by atoms with van der Waals surface area (Å²) in [6.07, 6.45) is 8.33. The topological polar surface area (TPSA) is 36.7 Å². The van der Waals surface area contributed by atoms with Gasteiger partial charge in [-0.2, -0.15) is 0 Å². The zero-order valence-corrected chi connectivity index (χ0v) is 14.7. The van der Waals surface area contributed by atoms with E-state index in [4.69, 9.17) is 4.42 Å². The molecule has 2 heterocycles. The number of nitrogens with zero attached hydrogens (tertiary/aromatic N) is 2. The molecule has 2 aromatic rings. The highest BCUT2D eigenvalue weighted by molar-refractivity contribution is 5.91. The van der Waals surface area contributed by atoms with Crippen LogP contribution in [0.4, 0.5) is 5.69 Å². The number of anilines is 1. The zero-order chi connectivity index (χ0) is 17.1. The monoisotopic (exact) mass is 338 g/mol. The van der Waals surface area contributed by atoms with Crippen LogP contribution in [0.15, 0.2) is 47.1 Å². The lowest BCUT2D eigenvalue weighted by molar-refractivity contribution is 0.0714. The summed E-state index contributed by atoms with van der Waals surface area (Å²) in [5.41, 5.74) is 2.79. The van der Waals surface area contributed by atoms with Crippen LogP contribution in [0.5, 0.6) is 0 Å². The van der Waals surface area contributed by atoms with Crippen molar-refractivity contribution in [2.45, 2.75) is 38.0 Å². The molecule has 25 heavy (non-hydrogen) atoms. The van der Waals surface area contributed by atoms with E-state index in [0.717, 1.165) is 32.1 Å². The second-order valence-corrected chi connectivity index (χ2v) is 7.19. The van der Waals surface area contributed by atoms with Crippen LogP contribution in [0, 0.1) is 0 Å². The standard InChI is InChI=1S/C21H26N2O2/c24-21(20-10-5-15-25-20)23-13-11-22(12-14-23)19-9-4-8-18(16-19)17-6-2-1-3-7-17/h4-5,8-10,15-17H,1-3,6-7,11-14H2. The molecule has 0 N–H and O–H groups in total. The van der Waals surface area contributed by atoms with E-state index in [1.54, 1.807) is 18.4 Å². The largest absolute Gasteiger partial charge is 0.459 e. The lowest BCUT2D eigenvalue weighted by Crippen LogP contribution is -2.48. The first kappa shape index (κ1) is 16.2. The van der Waals surface area contributed by atoms with Gasteiger partial charge in [0, 0.05) is 31.9 Å². The molecule has 4 nitrogen and oxygen atoms in total. The molecular weight excluding hydrogens is 312 g/mol. The van der Waals surface area contributed by atoms with Crippen LogP contribution in [0.3, 0.4) is 0 Å². The van der Waals surface area contributed by atoms with Gasteiger partial charge in [-0.25, -0.2) is 0 Å². The molecule has 1 aromatic carbocycles. The average Bonchev–Trinajstić information content (AvgIpc) is 3.23. The molecule has 0 unspecified atom stereocenters. The number of furan rings is 1. The number of hydrogen-bond acceptors (Lipinski definition) is 3. The molecule has 0 spiro atoms. The Kier molecular flexibility index (Phi) is 4.77. The van der Waals surface area contributed by atoms with E-state index in [0.29, 0.717) is 5.76 Å². The summed E-state index contributed by atoms with van der Waals surface area (Å²) in [7, 11) is 0. The van der Waals surface area contributed by atoms with Crippen LogP contribution in [0.25, 0.3) is 0 Å². The third kappa shape index (κ3) is 3.58. The number of piperazine rings is 1. The fourth-order valence-corrected chi connectivity index (χ4v) is 4.14. The van der Waals surface area contributed by atoms with Crippen molar-refractivity contribution >= 4 is 11.6 Å². The summed E-state index contributed by atoms with van der Waals surface area (Å²) in [6.45, 7) is 3.24. The number of carbonyl (C=O) groups is 1. The Morgan fingerprint density at radius 1 is 0.960 bits per heavy atom. The maximum absolute atomic E-state index is 12.4. The van der Waals surface area contributed by atoms with E-state index in [2.05, 4.69) is 29.2 Å². The van der Waals surface area contributed by atoms with Gasteiger partial charge in [-0.15, -0.1) is 0 Å². The van der Waals surface area contributed by atoms with Crippen molar-refractivity contribution in [3.63, 3.8) is 0 Å². The van der Waals surface area contributed by atoms with Crippen LogP contribution in [0.2, 0.25) is 0 Å². The average molecular weight is 338 g/mol. The number of benzene rings is 1. The quantitative estimate of drug-likeness (QED) is 0.838. The summed E-state index contributed by atoms with van der Waals surface area (Å²) in [5.74, 6) is 1.17. The van der Waals surface area contributed by atoms with Gasteiger partial charge in [0.1, 0.15) is 0 Å². The predicted octanol–water partition coefficient (Wildman–Crippen LogP) is 4.29. The fraction of sp³-hybridized carbons (Fsp3) is 0.476. The third-order valence-electron chi connectivity index (χ3n) is 5.61. The van der Waals surface area contributed by atoms with E-state index >= 15 is 0 Å². The summed E-state index contributed by atoms with van der Waals surface area (Å²) in [5, 5.41) is 0. The molecule has 0 bridgehead atoms. The van der Waals surface area contributed by atoms with E-state index in [-0.39, 0.29) is 5.91 Å². The van der Waals surface area contributed by atoms with Gasteiger partial charge in [0.25, 0.3) is 5.91 Å². The minimum Gasteiger partial charge on any atom is -0.459 e. The smallest absolute Gasteiger partial charge is 0.289 e. The van der Waals surface area contributed by atoms with Gasteiger partial charge in [0.15, 0.2) is 5.76 Å². The molecule has 2 fully saturated rings. The Morgan fingerprint density at radius 3 is 2.48 bits per heavy atom. The van der Waals surface area contributed by atoms with Gasteiger partial charge in [-0.05, 0) is 48.6 Å². The first-order chi connectivity index (χ1) is 12.3. The molecule has 132 valence electrons. The Hall–Kier alpha value is -2.23. The SMILES string of the molecule is O=C(c1ccco1)N1CCN(c2cccc(C3CCCCC3)c2)CC1. The molecule has 1 aliphatic carbocycles. The van der Waals surface area contributed by atoms with Crippen molar-refractivity contribution in [1.29, 1.82) is 0 Å². The normalized spacial score (nSPS) is 19.2. The maximum atomic E-state index is 12.4. The van der Waals surface area contributed by atoms with Crippen molar-refractivity contribution < 1.29 is 9.21 Å². The van der Waals surface area contributed by atoms with E-state index in [1.807, 2.05) is 4.90 Å². The van der Waals surface area contributed by atoms with Gasteiger partial charge in [0.05, 0.1) is 6.26 Å². The van der Waals surface area contributed by atoms with Gasteiger partial charge in [-0.1, -0.05) is 31.4 Å². The molecule has 1 aliphatic heterocycles. The summed E-state index contributed by atoms with van der Waals surface area (Å²) >= 11 is 0. The minimum absolute atomic E-state index is 0.000561. The molecule has 1 saturated heterocycles. The second kappa shape index (κ2) is 7.34. The van der Waals surface area contributed by atoms with Crippen molar-refractivity contribution in [3.05, 3.63) is 54.0 Å². The van der Waals surface area contributed by atoms with E-state index < -0.39 is 0 Å². The first-order valence-electron chi connectivity index (χ1n) is 9.49. The fourth-order valence-electron chi connectivity index (χ4n) is 4.14. The third-order valence-corrected chi connectivity index (χ3v) is 5.61. The maximum Gasteiger partial charge on any atom is 0.289 e. The molecule has 0 atom stereocenters.